The van der Waals surface area contributed by atoms with Gasteiger partial charge < -0.3 is 9.84 Å². The van der Waals surface area contributed by atoms with Gasteiger partial charge in [0, 0.05) is 31.3 Å². The summed E-state index contributed by atoms with van der Waals surface area (Å²) in [6.07, 6.45) is -0.278. The molecule has 2 aromatic heterocycles. The fourth-order valence-electron chi connectivity index (χ4n) is 2.58. The molecule has 9 heteroatoms. The molecule has 1 N–H and O–H groups in total. The van der Waals surface area contributed by atoms with Gasteiger partial charge >= 0.3 is 6.18 Å². The SMILES string of the molecule is FC(F)(F)c1cc(NC2CCN(Cc3ccno3)CC2)ncn1. The standard InChI is InChI=1S/C14H16F3N5O/c15-14(16,17)12-7-13(19-9-18-12)21-10-2-5-22(6-3-10)8-11-1-4-20-23-11/h1,4,7,9-10H,2-3,5-6,8H2,(H,18,19,21). The summed E-state index contributed by atoms with van der Waals surface area (Å²) in [7, 11) is 0. The van der Waals surface area contributed by atoms with Crippen LogP contribution >= 0.6 is 0 Å². The third kappa shape index (κ3) is 4.19. The van der Waals surface area contributed by atoms with Crippen molar-refractivity contribution in [3.8, 4) is 0 Å². The minimum Gasteiger partial charge on any atom is -0.367 e. The third-order valence-electron chi connectivity index (χ3n) is 3.77. The molecule has 1 fully saturated rings. The second-order valence-electron chi connectivity index (χ2n) is 5.46. The van der Waals surface area contributed by atoms with Gasteiger partial charge in [-0.1, -0.05) is 5.16 Å². The maximum absolute atomic E-state index is 12.6. The molecule has 0 unspecified atom stereocenters. The average molecular weight is 327 g/mol. The molecule has 2 aromatic rings. The Kier molecular flexibility index (Phi) is 4.46. The van der Waals surface area contributed by atoms with Crippen LogP contribution in [-0.4, -0.2) is 39.2 Å². The Balaban J connectivity index is 1.52. The summed E-state index contributed by atoms with van der Waals surface area (Å²) in [6.45, 7) is 2.35. The molecule has 23 heavy (non-hydrogen) atoms. The lowest BCUT2D eigenvalue weighted by Gasteiger charge is -2.31. The molecule has 0 atom stereocenters. The van der Waals surface area contributed by atoms with E-state index in [1.165, 1.54) is 0 Å². The quantitative estimate of drug-likeness (QED) is 0.931. The van der Waals surface area contributed by atoms with Gasteiger partial charge in [0.2, 0.25) is 0 Å². The summed E-state index contributed by atoms with van der Waals surface area (Å²) >= 11 is 0. The highest BCUT2D eigenvalue weighted by Crippen LogP contribution is 2.28. The molecule has 3 heterocycles. The molecule has 1 aliphatic heterocycles. The molecule has 0 saturated carbocycles. The van der Waals surface area contributed by atoms with E-state index >= 15 is 0 Å². The molecule has 0 aliphatic carbocycles. The average Bonchev–Trinajstić information content (AvgIpc) is 3.02. The van der Waals surface area contributed by atoms with Gasteiger partial charge in [-0.3, -0.25) is 4.90 Å². The molecule has 0 radical (unpaired) electrons. The van der Waals surface area contributed by atoms with Gasteiger partial charge in [0.15, 0.2) is 5.76 Å². The Hall–Kier alpha value is -2.16. The van der Waals surface area contributed by atoms with Crippen molar-refractivity contribution < 1.29 is 17.7 Å². The number of alkyl halides is 3. The van der Waals surface area contributed by atoms with Crippen molar-refractivity contribution in [3.63, 3.8) is 0 Å². The van der Waals surface area contributed by atoms with Crippen molar-refractivity contribution in [1.29, 1.82) is 0 Å². The van der Waals surface area contributed by atoms with E-state index in [0.717, 1.165) is 44.1 Å². The van der Waals surface area contributed by atoms with Crippen molar-refractivity contribution in [2.75, 3.05) is 18.4 Å². The second-order valence-corrected chi connectivity index (χ2v) is 5.46. The van der Waals surface area contributed by atoms with E-state index in [9.17, 15) is 13.2 Å². The molecule has 1 saturated heterocycles. The second kappa shape index (κ2) is 6.53. The number of halogens is 3. The topological polar surface area (TPSA) is 67.1 Å². The first kappa shape index (κ1) is 15.7. The first-order valence-electron chi connectivity index (χ1n) is 7.28. The first-order valence-corrected chi connectivity index (χ1v) is 7.28. The Morgan fingerprint density at radius 1 is 1.26 bits per heavy atom. The van der Waals surface area contributed by atoms with Crippen molar-refractivity contribution in [1.82, 2.24) is 20.0 Å². The van der Waals surface area contributed by atoms with E-state index in [2.05, 4.69) is 25.3 Å². The monoisotopic (exact) mass is 327 g/mol. The number of nitrogens with one attached hydrogen (secondary N) is 1. The van der Waals surface area contributed by atoms with Crippen LogP contribution in [0.25, 0.3) is 0 Å². The van der Waals surface area contributed by atoms with E-state index in [1.54, 1.807) is 6.20 Å². The van der Waals surface area contributed by atoms with Crippen molar-refractivity contribution in [3.05, 3.63) is 36.1 Å². The third-order valence-corrected chi connectivity index (χ3v) is 3.77. The molecule has 0 amide bonds. The fourth-order valence-corrected chi connectivity index (χ4v) is 2.58. The fraction of sp³-hybridized carbons (Fsp3) is 0.500. The van der Waals surface area contributed by atoms with Gasteiger partial charge in [-0.2, -0.15) is 13.2 Å². The number of hydrogen-bond acceptors (Lipinski definition) is 6. The van der Waals surface area contributed by atoms with E-state index in [4.69, 9.17) is 4.52 Å². The van der Waals surface area contributed by atoms with E-state index in [0.29, 0.717) is 6.54 Å². The van der Waals surface area contributed by atoms with Gasteiger partial charge in [-0.05, 0) is 12.8 Å². The van der Waals surface area contributed by atoms with Crippen LogP contribution in [0.5, 0.6) is 0 Å². The van der Waals surface area contributed by atoms with Crippen LogP contribution in [0.2, 0.25) is 0 Å². The van der Waals surface area contributed by atoms with Crippen LogP contribution in [0.3, 0.4) is 0 Å². The van der Waals surface area contributed by atoms with Gasteiger partial charge in [0.25, 0.3) is 0 Å². The first-order chi connectivity index (χ1) is 11.0. The number of piperidine rings is 1. The highest BCUT2D eigenvalue weighted by molar-refractivity contribution is 5.36. The lowest BCUT2D eigenvalue weighted by molar-refractivity contribution is -0.141. The molecule has 0 bridgehead atoms. The van der Waals surface area contributed by atoms with Crippen LogP contribution in [0.15, 0.2) is 29.2 Å². The van der Waals surface area contributed by atoms with Crippen LogP contribution in [0, 0.1) is 0 Å². The largest absolute Gasteiger partial charge is 0.433 e. The molecule has 0 spiro atoms. The summed E-state index contributed by atoms with van der Waals surface area (Å²) < 4.78 is 43.0. The minimum atomic E-state index is -4.46. The number of rotatable bonds is 4. The van der Waals surface area contributed by atoms with Gasteiger partial charge in [-0.25, -0.2) is 9.97 Å². The maximum Gasteiger partial charge on any atom is 0.433 e. The number of nitrogens with zero attached hydrogens (tertiary/aromatic N) is 4. The van der Waals surface area contributed by atoms with Crippen molar-refractivity contribution >= 4 is 5.82 Å². The van der Waals surface area contributed by atoms with Crippen molar-refractivity contribution in [2.24, 2.45) is 0 Å². The van der Waals surface area contributed by atoms with Gasteiger partial charge in [0.1, 0.15) is 17.8 Å². The maximum atomic E-state index is 12.6. The predicted molar refractivity (Wildman–Crippen MR) is 75.5 cm³/mol. The van der Waals surface area contributed by atoms with Crippen LogP contribution in [-0.2, 0) is 12.7 Å². The molecule has 124 valence electrons. The smallest absolute Gasteiger partial charge is 0.367 e. The summed E-state index contributed by atoms with van der Waals surface area (Å²) in [5, 5.41) is 6.73. The normalized spacial score (nSPS) is 17.3. The van der Waals surface area contributed by atoms with Gasteiger partial charge in [-0.15, -0.1) is 0 Å². The van der Waals surface area contributed by atoms with Gasteiger partial charge in [0.05, 0.1) is 12.7 Å². The van der Waals surface area contributed by atoms with E-state index in [-0.39, 0.29) is 11.9 Å². The molecule has 0 aromatic carbocycles. The molecular formula is C14H16F3N5O. The summed E-state index contributed by atoms with van der Waals surface area (Å²) in [5.41, 5.74) is -0.933. The van der Waals surface area contributed by atoms with E-state index in [1.807, 2.05) is 6.07 Å². The predicted octanol–water partition coefficient (Wildman–Crippen LogP) is 2.56. The minimum absolute atomic E-state index is 0.0944. The zero-order valence-electron chi connectivity index (χ0n) is 12.3. The zero-order valence-corrected chi connectivity index (χ0v) is 12.3. The summed E-state index contributed by atoms with van der Waals surface area (Å²) in [5.74, 6) is 1.02. The summed E-state index contributed by atoms with van der Waals surface area (Å²) in [4.78, 5) is 9.35. The highest BCUT2D eigenvalue weighted by Gasteiger charge is 2.33. The number of aromatic nitrogens is 3. The lowest BCUT2D eigenvalue weighted by Crippen LogP contribution is -2.38. The highest BCUT2D eigenvalue weighted by atomic mass is 19.4. The van der Waals surface area contributed by atoms with Crippen LogP contribution in [0.4, 0.5) is 19.0 Å². The van der Waals surface area contributed by atoms with Crippen LogP contribution < -0.4 is 5.32 Å². The summed E-state index contributed by atoms with van der Waals surface area (Å²) in [6, 6.07) is 2.86. The van der Waals surface area contributed by atoms with Crippen LogP contribution in [0.1, 0.15) is 24.3 Å². The zero-order chi connectivity index (χ0) is 16.3. The Bertz CT molecular complexity index is 624. The Morgan fingerprint density at radius 2 is 2.04 bits per heavy atom. The number of anilines is 1. The number of likely N-dealkylation sites (tertiary alicyclic amines) is 1. The molecule has 3 rings (SSSR count). The number of hydrogen-bond donors (Lipinski definition) is 1. The molecule has 1 aliphatic rings. The lowest BCUT2D eigenvalue weighted by atomic mass is 10.0. The molecule has 6 nitrogen and oxygen atoms in total. The Labute approximate surface area is 130 Å². The van der Waals surface area contributed by atoms with E-state index < -0.39 is 11.9 Å². The van der Waals surface area contributed by atoms with Crippen molar-refractivity contribution in [2.45, 2.75) is 31.6 Å². The Morgan fingerprint density at radius 3 is 2.70 bits per heavy atom. The molecular weight excluding hydrogens is 311 g/mol.